The third-order valence-electron chi connectivity index (χ3n) is 2.90. The highest BCUT2D eigenvalue weighted by Crippen LogP contribution is 2.43. The van der Waals surface area contributed by atoms with Crippen LogP contribution in [0.25, 0.3) is 0 Å². The Balaban J connectivity index is 1.94. The number of hydrogen-bond acceptors (Lipinski definition) is 2. The number of fused-ring (bicyclic) bond motifs is 2. The van der Waals surface area contributed by atoms with Crippen LogP contribution in [0.3, 0.4) is 0 Å². The molecule has 2 unspecified atom stereocenters. The van der Waals surface area contributed by atoms with Gasteiger partial charge in [0.15, 0.2) is 0 Å². The van der Waals surface area contributed by atoms with Crippen molar-refractivity contribution >= 4 is 23.4 Å². The van der Waals surface area contributed by atoms with Crippen molar-refractivity contribution in [3.63, 3.8) is 0 Å². The topological polar surface area (TPSA) is 20.3 Å². The van der Waals surface area contributed by atoms with E-state index < -0.39 is 0 Å². The minimum absolute atomic E-state index is 0.0626. The lowest BCUT2D eigenvalue weighted by atomic mass is 10.1. The largest absolute Gasteiger partial charge is 0.308 e. The molecule has 2 nitrogen and oxygen atoms in total. The molecular weight excluding hydrogens is 213 g/mol. The summed E-state index contributed by atoms with van der Waals surface area (Å²) in [6, 6.07) is 6.47. The number of rotatable bonds is 1. The summed E-state index contributed by atoms with van der Waals surface area (Å²) in [5.41, 5.74) is 0.428. The Morgan fingerprint density at radius 1 is 1.40 bits per heavy atom. The molecule has 1 aromatic carbocycles. The van der Waals surface area contributed by atoms with Crippen LogP contribution in [0.1, 0.15) is 6.42 Å². The first-order valence-electron chi connectivity index (χ1n) is 4.97. The number of para-hydroxylation sites is 1. The molecule has 0 N–H and O–H groups in total. The predicted octanol–water partition coefficient (Wildman–Crippen LogP) is 2.05. The molecule has 15 heavy (non-hydrogen) atoms. The molecule has 4 rings (SSSR count). The van der Waals surface area contributed by atoms with Crippen LogP contribution in [0.15, 0.2) is 24.3 Å². The quantitative estimate of drug-likeness (QED) is 0.726. The van der Waals surface area contributed by atoms with Gasteiger partial charge in [-0.15, -0.1) is 11.8 Å². The lowest BCUT2D eigenvalue weighted by Crippen LogP contribution is -2.55. The van der Waals surface area contributed by atoms with E-state index in [0.717, 1.165) is 6.42 Å². The fourth-order valence-corrected chi connectivity index (χ4v) is 3.32. The number of nitrogens with zero attached hydrogens (tertiary/aromatic N) is 1. The van der Waals surface area contributed by atoms with Crippen LogP contribution in [0.4, 0.5) is 10.1 Å². The third kappa shape index (κ3) is 1.35. The average Bonchev–Trinajstić information content (AvgIpc) is 2.17. The Bertz CT molecular complexity index is 417. The van der Waals surface area contributed by atoms with Crippen LogP contribution in [0, 0.1) is 5.82 Å². The lowest BCUT2D eigenvalue weighted by molar-refractivity contribution is -0.119. The van der Waals surface area contributed by atoms with E-state index in [1.165, 1.54) is 6.07 Å². The molecule has 1 aromatic rings. The van der Waals surface area contributed by atoms with Gasteiger partial charge in [0.25, 0.3) is 0 Å². The van der Waals surface area contributed by atoms with Crippen LogP contribution in [0.2, 0.25) is 0 Å². The Morgan fingerprint density at radius 2 is 2.13 bits per heavy atom. The molecule has 0 radical (unpaired) electrons. The Kier molecular flexibility index (Phi) is 1.99. The SMILES string of the molecule is O=C1C2CC(CN1c1ccccc1F)S2. The maximum atomic E-state index is 13.5. The standard InChI is InChI=1S/C11H10FNOS/c12-8-3-1-2-4-9(8)13-6-7-5-10(15-7)11(13)14/h1-4,7,10H,5-6H2. The second-order valence-electron chi connectivity index (χ2n) is 3.88. The molecule has 0 spiro atoms. The van der Waals surface area contributed by atoms with Crippen molar-refractivity contribution in [2.45, 2.75) is 16.9 Å². The van der Waals surface area contributed by atoms with Gasteiger partial charge in [0.05, 0.1) is 10.9 Å². The van der Waals surface area contributed by atoms with Gasteiger partial charge >= 0.3 is 0 Å². The summed E-state index contributed by atoms with van der Waals surface area (Å²) in [6.07, 6.45) is 0.967. The Morgan fingerprint density at radius 3 is 2.80 bits per heavy atom. The molecule has 2 bridgehead atoms. The summed E-state index contributed by atoms with van der Waals surface area (Å²) < 4.78 is 13.5. The first-order chi connectivity index (χ1) is 7.25. The van der Waals surface area contributed by atoms with Crippen LogP contribution in [-0.2, 0) is 4.79 Å². The van der Waals surface area contributed by atoms with Gasteiger partial charge in [0.2, 0.25) is 5.91 Å². The first kappa shape index (κ1) is 9.21. The van der Waals surface area contributed by atoms with Gasteiger partial charge in [0, 0.05) is 11.8 Å². The number of thioether (sulfide) groups is 1. The van der Waals surface area contributed by atoms with Crippen molar-refractivity contribution in [3.8, 4) is 0 Å². The van der Waals surface area contributed by atoms with E-state index in [4.69, 9.17) is 0 Å². The van der Waals surface area contributed by atoms with E-state index >= 15 is 0 Å². The highest BCUT2D eigenvalue weighted by Gasteiger charge is 2.45. The Labute approximate surface area is 91.5 Å². The number of carbonyl (C=O) groups excluding carboxylic acids is 1. The molecule has 0 aliphatic carbocycles. The van der Waals surface area contributed by atoms with Gasteiger partial charge in [0.1, 0.15) is 5.82 Å². The normalized spacial score (nSPS) is 28.9. The Hall–Kier alpha value is -1.03. The fourth-order valence-electron chi connectivity index (χ4n) is 2.09. The summed E-state index contributed by atoms with van der Waals surface area (Å²) in [6.45, 7) is 0.654. The molecule has 3 aliphatic heterocycles. The fraction of sp³-hybridized carbons (Fsp3) is 0.364. The van der Waals surface area contributed by atoms with Crippen molar-refractivity contribution in [2.75, 3.05) is 11.4 Å². The highest BCUT2D eigenvalue weighted by atomic mass is 32.2. The molecule has 1 amide bonds. The number of halogens is 1. The lowest BCUT2D eigenvalue weighted by Gasteiger charge is -2.45. The zero-order valence-electron chi connectivity index (χ0n) is 8.02. The molecule has 0 saturated carbocycles. The van der Waals surface area contributed by atoms with Gasteiger partial charge < -0.3 is 4.90 Å². The zero-order valence-corrected chi connectivity index (χ0v) is 8.84. The van der Waals surface area contributed by atoms with Crippen LogP contribution in [-0.4, -0.2) is 23.0 Å². The van der Waals surface area contributed by atoms with E-state index in [1.807, 2.05) is 0 Å². The van der Waals surface area contributed by atoms with Crippen LogP contribution < -0.4 is 4.90 Å². The first-order valence-corrected chi connectivity index (χ1v) is 5.91. The minimum atomic E-state index is -0.308. The average molecular weight is 223 g/mol. The van der Waals surface area contributed by atoms with Crippen molar-refractivity contribution in [3.05, 3.63) is 30.1 Å². The maximum absolute atomic E-state index is 13.5. The van der Waals surface area contributed by atoms with E-state index in [9.17, 15) is 9.18 Å². The molecule has 78 valence electrons. The molecule has 3 aliphatic rings. The van der Waals surface area contributed by atoms with Crippen molar-refractivity contribution < 1.29 is 9.18 Å². The predicted molar refractivity (Wildman–Crippen MR) is 58.5 cm³/mol. The smallest absolute Gasteiger partial charge is 0.240 e. The van der Waals surface area contributed by atoms with Crippen molar-refractivity contribution in [2.24, 2.45) is 0 Å². The monoisotopic (exact) mass is 223 g/mol. The molecule has 3 fully saturated rings. The molecule has 2 atom stereocenters. The summed E-state index contributed by atoms with van der Waals surface area (Å²) in [5, 5.41) is 0.579. The minimum Gasteiger partial charge on any atom is -0.308 e. The summed E-state index contributed by atoms with van der Waals surface area (Å²) in [4.78, 5) is 13.4. The number of anilines is 1. The van der Waals surface area contributed by atoms with Gasteiger partial charge in [-0.05, 0) is 18.6 Å². The van der Waals surface area contributed by atoms with E-state index in [-0.39, 0.29) is 17.0 Å². The molecular formula is C11H10FNOS. The molecule has 0 aromatic heterocycles. The molecule has 3 saturated heterocycles. The van der Waals surface area contributed by atoms with E-state index in [2.05, 4.69) is 0 Å². The van der Waals surface area contributed by atoms with Gasteiger partial charge in [-0.2, -0.15) is 0 Å². The molecule has 3 heterocycles. The van der Waals surface area contributed by atoms with Crippen molar-refractivity contribution in [1.29, 1.82) is 0 Å². The van der Waals surface area contributed by atoms with Gasteiger partial charge in [-0.3, -0.25) is 4.79 Å². The number of carbonyl (C=O) groups is 1. The molecule has 4 heteroatoms. The van der Waals surface area contributed by atoms with E-state index in [1.54, 1.807) is 34.9 Å². The summed E-state index contributed by atoms with van der Waals surface area (Å²) in [5.74, 6) is -0.246. The second kappa shape index (κ2) is 3.23. The van der Waals surface area contributed by atoms with Crippen molar-refractivity contribution in [1.82, 2.24) is 0 Å². The summed E-state index contributed by atoms with van der Waals surface area (Å²) >= 11 is 1.71. The maximum Gasteiger partial charge on any atom is 0.240 e. The third-order valence-corrected chi connectivity index (χ3v) is 4.35. The number of hydrogen-bond donors (Lipinski definition) is 0. The highest BCUT2D eigenvalue weighted by molar-refractivity contribution is 8.02. The zero-order chi connectivity index (χ0) is 10.4. The van der Waals surface area contributed by atoms with E-state index in [0.29, 0.717) is 17.5 Å². The van der Waals surface area contributed by atoms with Crippen LogP contribution >= 0.6 is 11.8 Å². The summed E-state index contributed by atoms with van der Waals surface area (Å²) in [7, 11) is 0. The van der Waals surface area contributed by atoms with Crippen LogP contribution in [0.5, 0.6) is 0 Å². The van der Waals surface area contributed by atoms with Gasteiger partial charge in [-0.1, -0.05) is 12.1 Å². The van der Waals surface area contributed by atoms with Gasteiger partial charge in [-0.25, -0.2) is 4.39 Å². The second-order valence-corrected chi connectivity index (χ2v) is 5.39. The number of amides is 1. The number of piperidine rings is 1. The number of benzene rings is 1.